The summed E-state index contributed by atoms with van der Waals surface area (Å²) in [5.41, 5.74) is 2.05. The molecule has 0 saturated carbocycles. The molecule has 0 aliphatic carbocycles. The van der Waals surface area contributed by atoms with Crippen LogP contribution in [0.15, 0.2) is 23.0 Å². The topological polar surface area (TPSA) is 105 Å². The molecule has 1 atom stereocenters. The van der Waals surface area contributed by atoms with Crippen molar-refractivity contribution in [3.8, 4) is 0 Å². The Bertz CT molecular complexity index is 885. The number of morpholine rings is 1. The van der Waals surface area contributed by atoms with E-state index in [9.17, 15) is 13.2 Å². The van der Waals surface area contributed by atoms with Crippen molar-refractivity contribution in [1.29, 1.82) is 0 Å². The Morgan fingerprint density at radius 1 is 1.22 bits per heavy atom. The molecule has 0 radical (unpaired) electrons. The van der Waals surface area contributed by atoms with Crippen LogP contribution in [0.3, 0.4) is 0 Å². The zero-order valence-corrected chi connectivity index (χ0v) is 17.9. The summed E-state index contributed by atoms with van der Waals surface area (Å²) in [6, 6.07) is 1.85. The maximum Gasteiger partial charge on any atom is 0.490 e. The molecule has 1 N–H and O–H groups in total. The van der Waals surface area contributed by atoms with Gasteiger partial charge in [-0.2, -0.15) is 13.2 Å². The van der Waals surface area contributed by atoms with Gasteiger partial charge in [0.25, 0.3) is 0 Å². The standard InChI is InChI=1S/C18H25N5O2.C2HF3O2/c1-14-16(15(2)25-21-14)11-22-8-3-5-18(12-22)13-23(9-10-24-18)17-19-6-4-7-20-17;3-2(4,5)1(6)7/h4,6-7H,3,5,8-13H2,1-2H3;(H,6,7). The number of rotatable bonds is 3. The predicted octanol–water partition coefficient (Wildman–Crippen LogP) is 2.59. The number of aryl methyl sites for hydroxylation is 2. The molecule has 12 heteroatoms. The summed E-state index contributed by atoms with van der Waals surface area (Å²) in [5.74, 6) is -1.04. The Hall–Kier alpha value is -2.73. The third kappa shape index (κ3) is 5.94. The lowest BCUT2D eigenvalue weighted by Crippen LogP contribution is -2.60. The van der Waals surface area contributed by atoms with E-state index in [1.54, 1.807) is 12.4 Å². The van der Waals surface area contributed by atoms with Crippen molar-refractivity contribution in [2.24, 2.45) is 0 Å². The molecule has 176 valence electrons. The van der Waals surface area contributed by atoms with E-state index < -0.39 is 12.1 Å². The summed E-state index contributed by atoms with van der Waals surface area (Å²) in [5, 5.41) is 11.2. The number of ether oxygens (including phenoxy) is 1. The maximum atomic E-state index is 10.6. The van der Waals surface area contributed by atoms with Crippen molar-refractivity contribution in [2.75, 3.05) is 37.7 Å². The van der Waals surface area contributed by atoms with Crippen LogP contribution in [-0.4, -0.2) is 75.7 Å². The fourth-order valence-electron chi connectivity index (χ4n) is 3.99. The van der Waals surface area contributed by atoms with Crippen molar-refractivity contribution < 1.29 is 32.3 Å². The van der Waals surface area contributed by atoms with Gasteiger partial charge in [0.1, 0.15) is 5.76 Å². The number of likely N-dealkylation sites (tertiary alicyclic amines) is 1. The van der Waals surface area contributed by atoms with E-state index in [0.29, 0.717) is 0 Å². The highest BCUT2D eigenvalue weighted by molar-refractivity contribution is 5.73. The van der Waals surface area contributed by atoms with Crippen LogP contribution < -0.4 is 4.90 Å². The number of hydrogen-bond donors (Lipinski definition) is 1. The average Bonchev–Trinajstić information content (AvgIpc) is 3.06. The van der Waals surface area contributed by atoms with Crippen LogP contribution in [0.25, 0.3) is 0 Å². The number of carbonyl (C=O) groups is 1. The molecule has 2 aromatic heterocycles. The zero-order valence-electron chi connectivity index (χ0n) is 17.9. The molecular weight excluding hydrogens is 431 g/mol. The lowest BCUT2D eigenvalue weighted by Gasteiger charge is -2.48. The van der Waals surface area contributed by atoms with Gasteiger partial charge in [0.05, 0.1) is 24.4 Å². The van der Waals surface area contributed by atoms with Crippen LogP contribution in [-0.2, 0) is 16.1 Å². The Morgan fingerprint density at radius 3 is 2.50 bits per heavy atom. The number of halogens is 3. The largest absolute Gasteiger partial charge is 0.490 e. The van der Waals surface area contributed by atoms with Gasteiger partial charge in [-0.15, -0.1) is 0 Å². The lowest BCUT2D eigenvalue weighted by atomic mass is 9.90. The van der Waals surface area contributed by atoms with Gasteiger partial charge >= 0.3 is 12.1 Å². The molecule has 0 aromatic carbocycles. The quantitative estimate of drug-likeness (QED) is 0.745. The normalized spacial score (nSPS) is 21.8. The fraction of sp³-hybridized carbons (Fsp3) is 0.600. The van der Waals surface area contributed by atoms with E-state index in [-0.39, 0.29) is 5.60 Å². The number of nitrogens with zero attached hydrogens (tertiary/aromatic N) is 5. The first-order chi connectivity index (χ1) is 15.1. The Labute approximate surface area is 183 Å². The fourth-order valence-corrected chi connectivity index (χ4v) is 3.99. The van der Waals surface area contributed by atoms with Crippen molar-refractivity contribution in [1.82, 2.24) is 20.0 Å². The lowest BCUT2D eigenvalue weighted by molar-refractivity contribution is -0.192. The first-order valence-corrected chi connectivity index (χ1v) is 10.2. The minimum atomic E-state index is -5.08. The number of anilines is 1. The third-order valence-electron chi connectivity index (χ3n) is 5.51. The molecule has 32 heavy (non-hydrogen) atoms. The SMILES string of the molecule is Cc1noc(C)c1CN1CCCC2(C1)CN(c1ncccn1)CCO2.O=C(O)C(F)(F)F. The molecular formula is C20H26F3N5O4. The molecule has 2 aromatic rings. The number of hydrogen-bond acceptors (Lipinski definition) is 8. The first-order valence-electron chi connectivity index (χ1n) is 10.2. The zero-order chi connectivity index (χ0) is 23.4. The van der Waals surface area contributed by atoms with Crippen LogP contribution in [0.5, 0.6) is 0 Å². The van der Waals surface area contributed by atoms with Gasteiger partial charge in [0.2, 0.25) is 5.95 Å². The molecule has 1 unspecified atom stereocenters. The van der Waals surface area contributed by atoms with Gasteiger partial charge in [-0.3, -0.25) is 4.90 Å². The van der Waals surface area contributed by atoms with Crippen molar-refractivity contribution in [3.63, 3.8) is 0 Å². The van der Waals surface area contributed by atoms with Gasteiger partial charge in [-0.05, 0) is 39.3 Å². The van der Waals surface area contributed by atoms with Crippen molar-refractivity contribution in [2.45, 2.75) is 45.0 Å². The van der Waals surface area contributed by atoms with Gasteiger partial charge in [-0.25, -0.2) is 14.8 Å². The molecule has 4 rings (SSSR count). The molecule has 1 spiro atoms. The number of piperidine rings is 1. The second-order valence-electron chi connectivity index (χ2n) is 7.92. The van der Waals surface area contributed by atoms with E-state index in [0.717, 1.165) is 69.6 Å². The van der Waals surface area contributed by atoms with Crippen LogP contribution in [0.2, 0.25) is 0 Å². The molecule has 2 fully saturated rings. The monoisotopic (exact) mass is 457 g/mol. The number of alkyl halides is 3. The number of aliphatic carboxylic acids is 1. The second kappa shape index (κ2) is 9.82. The molecule has 9 nitrogen and oxygen atoms in total. The Morgan fingerprint density at radius 2 is 1.91 bits per heavy atom. The van der Waals surface area contributed by atoms with E-state index in [1.165, 1.54) is 5.56 Å². The molecule has 4 heterocycles. The molecule has 2 aliphatic heterocycles. The van der Waals surface area contributed by atoms with Gasteiger partial charge in [0.15, 0.2) is 0 Å². The van der Waals surface area contributed by atoms with Gasteiger partial charge in [-0.1, -0.05) is 5.16 Å². The predicted molar refractivity (Wildman–Crippen MR) is 107 cm³/mol. The summed E-state index contributed by atoms with van der Waals surface area (Å²) in [7, 11) is 0. The number of aromatic nitrogens is 3. The summed E-state index contributed by atoms with van der Waals surface area (Å²) in [6.45, 7) is 9.27. The Balaban J connectivity index is 0.000000360. The van der Waals surface area contributed by atoms with E-state index >= 15 is 0 Å². The van der Waals surface area contributed by atoms with Gasteiger partial charge < -0.3 is 19.3 Å². The highest BCUT2D eigenvalue weighted by Gasteiger charge is 2.41. The van der Waals surface area contributed by atoms with E-state index in [1.807, 2.05) is 19.9 Å². The molecule has 2 aliphatic rings. The highest BCUT2D eigenvalue weighted by atomic mass is 19.4. The molecule has 2 saturated heterocycles. The minimum absolute atomic E-state index is 0.144. The summed E-state index contributed by atoms with van der Waals surface area (Å²) < 4.78 is 43.3. The summed E-state index contributed by atoms with van der Waals surface area (Å²) in [6.07, 6.45) is 0.728. The third-order valence-corrected chi connectivity index (χ3v) is 5.51. The van der Waals surface area contributed by atoms with E-state index in [4.69, 9.17) is 19.2 Å². The number of carboxylic acid groups (broad SMARTS) is 1. The smallest absolute Gasteiger partial charge is 0.475 e. The van der Waals surface area contributed by atoms with Gasteiger partial charge in [0, 0.05) is 37.6 Å². The van der Waals surface area contributed by atoms with E-state index in [2.05, 4.69) is 24.9 Å². The maximum absolute atomic E-state index is 10.6. The van der Waals surface area contributed by atoms with Crippen LogP contribution in [0.4, 0.5) is 19.1 Å². The minimum Gasteiger partial charge on any atom is -0.475 e. The summed E-state index contributed by atoms with van der Waals surface area (Å²) >= 11 is 0. The Kier molecular flexibility index (Phi) is 7.34. The van der Waals surface area contributed by atoms with Crippen molar-refractivity contribution >= 4 is 11.9 Å². The number of carboxylic acids is 1. The van der Waals surface area contributed by atoms with Crippen LogP contribution in [0.1, 0.15) is 29.9 Å². The first kappa shape index (κ1) is 23.9. The second-order valence-corrected chi connectivity index (χ2v) is 7.92. The van der Waals surface area contributed by atoms with Crippen LogP contribution >= 0.6 is 0 Å². The summed E-state index contributed by atoms with van der Waals surface area (Å²) in [4.78, 5) is 22.4. The molecule has 0 bridgehead atoms. The van der Waals surface area contributed by atoms with Crippen molar-refractivity contribution in [3.05, 3.63) is 35.5 Å². The van der Waals surface area contributed by atoms with Crippen LogP contribution in [0, 0.1) is 13.8 Å². The average molecular weight is 457 g/mol. The molecule has 0 amide bonds. The highest BCUT2D eigenvalue weighted by Crippen LogP contribution is 2.31.